The van der Waals surface area contributed by atoms with Gasteiger partial charge in [0.25, 0.3) is 0 Å². The second-order valence-electron chi connectivity index (χ2n) is 4.75. The van der Waals surface area contributed by atoms with Gasteiger partial charge in [0.15, 0.2) is 5.15 Å². The van der Waals surface area contributed by atoms with Gasteiger partial charge in [-0.15, -0.1) is 0 Å². The predicted molar refractivity (Wildman–Crippen MR) is 84.2 cm³/mol. The van der Waals surface area contributed by atoms with Crippen LogP contribution in [0.15, 0.2) is 24.3 Å². The number of unbranched alkanes of at least 4 members (excludes halogenated alkanes) is 1. The van der Waals surface area contributed by atoms with Crippen LogP contribution in [0.5, 0.6) is 0 Å². The number of aromatic amines is 1. The zero-order valence-electron chi connectivity index (χ0n) is 11.5. The van der Waals surface area contributed by atoms with Crippen LogP contribution < -0.4 is 5.32 Å². The van der Waals surface area contributed by atoms with Gasteiger partial charge in [0.1, 0.15) is 5.82 Å². The highest BCUT2D eigenvalue weighted by molar-refractivity contribution is 6.31. The normalized spacial score (nSPS) is 10.9. The number of rotatable bonds is 7. The van der Waals surface area contributed by atoms with Crippen molar-refractivity contribution < 1.29 is 0 Å². The van der Waals surface area contributed by atoms with Crippen LogP contribution in [0.3, 0.4) is 0 Å². The molecule has 0 spiro atoms. The van der Waals surface area contributed by atoms with Gasteiger partial charge in [-0.1, -0.05) is 54.7 Å². The molecule has 1 aromatic heterocycles. The molecular formula is C15H19Cl2N3. The Balaban J connectivity index is 1.88. The monoisotopic (exact) mass is 311 g/mol. The third-order valence-corrected chi connectivity index (χ3v) is 3.80. The van der Waals surface area contributed by atoms with Crippen LogP contribution in [0.1, 0.15) is 36.8 Å². The van der Waals surface area contributed by atoms with Crippen LogP contribution in [0.4, 0.5) is 0 Å². The molecule has 0 aliphatic heterocycles. The smallest absolute Gasteiger partial charge is 0.151 e. The Hall–Kier alpha value is -1.03. The van der Waals surface area contributed by atoms with Crippen LogP contribution >= 0.6 is 23.2 Å². The van der Waals surface area contributed by atoms with Gasteiger partial charge in [0, 0.05) is 24.5 Å². The number of nitrogens with one attached hydrogen (secondary N) is 2. The Kier molecular flexibility index (Phi) is 5.89. The molecule has 2 aromatic rings. The van der Waals surface area contributed by atoms with E-state index in [1.807, 2.05) is 24.3 Å². The van der Waals surface area contributed by atoms with Crippen molar-refractivity contribution in [3.05, 3.63) is 51.5 Å². The number of nitrogens with zero attached hydrogens (tertiary/aromatic N) is 1. The molecule has 1 aromatic carbocycles. The molecule has 1 heterocycles. The number of aryl methyl sites for hydroxylation is 1. The van der Waals surface area contributed by atoms with Crippen molar-refractivity contribution in [1.29, 1.82) is 0 Å². The Morgan fingerprint density at radius 1 is 1.20 bits per heavy atom. The number of H-pyrrole nitrogens is 1. The van der Waals surface area contributed by atoms with Crippen molar-refractivity contribution in [3.63, 3.8) is 0 Å². The second-order valence-corrected chi connectivity index (χ2v) is 5.52. The Morgan fingerprint density at radius 2 is 2.00 bits per heavy atom. The van der Waals surface area contributed by atoms with Crippen LogP contribution in [0, 0.1) is 0 Å². The van der Waals surface area contributed by atoms with E-state index in [1.54, 1.807) is 0 Å². The van der Waals surface area contributed by atoms with E-state index in [4.69, 9.17) is 23.2 Å². The molecule has 2 N–H and O–H groups in total. The topological polar surface area (TPSA) is 40.7 Å². The van der Waals surface area contributed by atoms with E-state index < -0.39 is 0 Å². The molecule has 3 nitrogen and oxygen atoms in total. The fourth-order valence-corrected chi connectivity index (χ4v) is 2.40. The van der Waals surface area contributed by atoms with Gasteiger partial charge in [-0.3, -0.25) is 0 Å². The summed E-state index contributed by atoms with van der Waals surface area (Å²) in [5.41, 5.74) is 2.01. The van der Waals surface area contributed by atoms with Gasteiger partial charge in [0.2, 0.25) is 0 Å². The lowest BCUT2D eigenvalue weighted by molar-refractivity contribution is 0.679. The summed E-state index contributed by atoms with van der Waals surface area (Å²) in [4.78, 5) is 7.61. The van der Waals surface area contributed by atoms with Gasteiger partial charge < -0.3 is 10.3 Å². The molecule has 0 amide bonds. The Morgan fingerprint density at radius 3 is 2.75 bits per heavy atom. The van der Waals surface area contributed by atoms with E-state index in [1.165, 1.54) is 0 Å². The summed E-state index contributed by atoms with van der Waals surface area (Å²) < 4.78 is 0. The van der Waals surface area contributed by atoms with Crippen molar-refractivity contribution in [2.75, 3.05) is 0 Å². The van der Waals surface area contributed by atoms with E-state index in [-0.39, 0.29) is 0 Å². The minimum atomic E-state index is 0.558. The van der Waals surface area contributed by atoms with Crippen molar-refractivity contribution >= 4 is 23.2 Å². The highest BCUT2D eigenvalue weighted by atomic mass is 35.5. The summed E-state index contributed by atoms with van der Waals surface area (Å²) in [6.07, 6.45) is 3.22. The zero-order chi connectivity index (χ0) is 14.4. The molecule has 0 fully saturated rings. The third kappa shape index (κ3) is 4.23. The second kappa shape index (κ2) is 7.67. The maximum absolute atomic E-state index is 6.13. The minimum Gasteiger partial charge on any atom is -0.344 e. The number of imidazole rings is 1. The summed E-state index contributed by atoms with van der Waals surface area (Å²) >= 11 is 12.2. The first kappa shape index (κ1) is 15.4. The first-order valence-electron chi connectivity index (χ1n) is 6.88. The molecule has 0 saturated heterocycles. The van der Waals surface area contributed by atoms with Gasteiger partial charge >= 0.3 is 0 Å². The molecule has 0 saturated carbocycles. The molecule has 0 unspecified atom stereocenters. The average molecular weight is 312 g/mol. The molecule has 5 heteroatoms. The summed E-state index contributed by atoms with van der Waals surface area (Å²) in [5.74, 6) is 0.964. The minimum absolute atomic E-state index is 0.558. The number of benzene rings is 1. The lowest BCUT2D eigenvalue weighted by Gasteiger charge is -2.05. The maximum Gasteiger partial charge on any atom is 0.151 e. The summed E-state index contributed by atoms with van der Waals surface area (Å²) in [5, 5.41) is 4.66. The Labute approximate surface area is 129 Å². The fourth-order valence-electron chi connectivity index (χ4n) is 1.98. The molecule has 0 aliphatic carbocycles. The lowest BCUT2D eigenvalue weighted by atomic mass is 10.2. The largest absolute Gasteiger partial charge is 0.344 e. The van der Waals surface area contributed by atoms with Gasteiger partial charge in [-0.2, -0.15) is 0 Å². The molecule has 0 radical (unpaired) electrons. The predicted octanol–water partition coefficient (Wildman–Crippen LogP) is 4.35. The van der Waals surface area contributed by atoms with E-state index in [0.29, 0.717) is 18.2 Å². The van der Waals surface area contributed by atoms with Gasteiger partial charge in [-0.25, -0.2) is 4.98 Å². The van der Waals surface area contributed by atoms with Gasteiger partial charge in [-0.05, 0) is 18.1 Å². The molecular weight excluding hydrogens is 293 g/mol. The third-order valence-electron chi connectivity index (χ3n) is 3.12. The first-order chi connectivity index (χ1) is 9.70. The quantitative estimate of drug-likeness (QED) is 0.798. The molecule has 108 valence electrons. The van der Waals surface area contributed by atoms with Crippen LogP contribution in [0.2, 0.25) is 10.2 Å². The summed E-state index contributed by atoms with van der Waals surface area (Å²) in [7, 11) is 0. The van der Waals surface area contributed by atoms with Crippen molar-refractivity contribution in [2.45, 2.75) is 39.3 Å². The molecule has 2 rings (SSSR count). The molecule has 0 aliphatic rings. The highest BCUT2D eigenvalue weighted by Gasteiger charge is 2.07. The molecule has 0 bridgehead atoms. The highest BCUT2D eigenvalue weighted by Crippen LogP contribution is 2.16. The van der Waals surface area contributed by atoms with Crippen LogP contribution in [-0.2, 0) is 19.5 Å². The SMILES string of the molecule is CCCCc1nc(Cl)c(CNCc2ccccc2Cl)[nH]1. The van der Waals surface area contributed by atoms with E-state index in [2.05, 4.69) is 22.2 Å². The number of halogens is 2. The van der Waals surface area contributed by atoms with E-state index in [0.717, 1.165) is 41.4 Å². The van der Waals surface area contributed by atoms with Gasteiger partial charge in [0.05, 0.1) is 5.69 Å². The number of hydrogen-bond acceptors (Lipinski definition) is 2. The summed E-state index contributed by atoms with van der Waals surface area (Å²) in [6.45, 7) is 3.53. The van der Waals surface area contributed by atoms with Crippen molar-refractivity contribution in [3.8, 4) is 0 Å². The lowest BCUT2D eigenvalue weighted by Crippen LogP contribution is -2.13. The molecule has 0 atom stereocenters. The van der Waals surface area contributed by atoms with Crippen LogP contribution in [0.25, 0.3) is 0 Å². The van der Waals surface area contributed by atoms with Crippen molar-refractivity contribution in [1.82, 2.24) is 15.3 Å². The average Bonchev–Trinajstić information content (AvgIpc) is 2.79. The van der Waals surface area contributed by atoms with Crippen LogP contribution in [-0.4, -0.2) is 9.97 Å². The first-order valence-corrected chi connectivity index (χ1v) is 7.63. The summed E-state index contributed by atoms with van der Waals surface area (Å²) in [6, 6.07) is 7.81. The number of aromatic nitrogens is 2. The standard InChI is InChI=1S/C15H19Cl2N3/c1-2-3-8-14-19-13(15(17)20-14)10-18-9-11-6-4-5-7-12(11)16/h4-7,18H,2-3,8-10H2,1H3,(H,19,20). The fraction of sp³-hybridized carbons (Fsp3) is 0.400. The maximum atomic E-state index is 6.13. The van der Waals surface area contributed by atoms with E-state index >= 15 is 0 Å². The van der Waals surface area contributed by atoms with E-state index in [9.17, 15) is 0 Å². The Bertz CT molecular complexity index is 552. The zero-order valence-corrected chi connectivity index (χ0v) is 13.1. The van der Waals surface area contributed by atoms with Crippen molar-refractivity contribution in [2.24, 2.45) is 0 Å². The molecule has 20 heavy (non-hydrogen) atoms. The number of hydrogen-bond donors (Lipinski definition) is 2.